The smallest absolute Gasteiger partial charge is 0.420 e. The first-order chi connectivity index (χ1) is 8.81. The van der Waals surface area contributed by atoms with Gasteiger partial charge < -0.3 is 9.84 Å². The quantitative estimate of drug-likeness (QED) is 0.758. The van der Waals surface area contributed by atoms with E-state index in [0.717, 1.165) is 0 Å². The topological polar surface area (TPSA) is 46.5 Å². The largest absolute Gasteiger partial charge is 0.455 e. The maximum Gasteiger partial charge on any atom is 0.420 e. The summed E-state index contributed by atoms with van der Waals surface area (Å²) in [7, 11) is 0. The minimum absolute atomic E-state index is 0.123. The lowest BCUT2D eigenvalue weighted by molar-refractivity contribution is -0.316. The van der Waals surface area contributed by atoms with Crippen LogP contribution >= 0.6 is 0 Å². The highest BCUT2D eigenvalue weighted by Gasteiger charge is 2.64. The molecule has 6 heteroatoms. The fourth-order valence-electron chi connectivity index (χ4n) is 1.90. The van der Waals surface area contributed by atoms with Crippen LogP contribution in [0, 0.1) is 5.41 Å². The lowest BCUT2D eigenvalue weighted by Gasteiger charge is -2.45. The number of ether oxygens (including phenoxy) is 1. The second-order valence-electron chi connectivity index (χ2n) is 5.90. The lowest BCUT2D eigenvalue weighted by atomic mass is 9.78. The molecule has 0 aromatic heterocycles. The number of carbonyl (C=O) groups excluding carboxylic acids is 1. The van der Waals surface area contributed by atoms with Gasteiger partial charge in [-0.3, -0.25) is 4.79 Å². The summed E-state index contributed by atoms with van der Waals surface area (Å²) in [6, 6.07) is 0. The summed E-state index contributed by atoms with van der Waals surface area (Å²) in [6.07, 6.45) is -4.69. The van der Waals surface area contributed by atoms with Crippen LogP contribution in [-0.2, 0) is 9.53 Å². The Bertz CT molecular complexity index is 342. The molecule has 1 N–H and O–H groups in total. The SMILES string of the molecule is CCC(C)(C)C(=O)OC(CC)(CC)C(C)(O)C(F)(F)F. The van der Waals surface area contributed by atoms with E-state index in [9.17, 15) is 23.1 Å². The molecule has 0 aliphatic carbocycles. The van der Waals surface area contributed by atoms with Gasteiger partial charge in [0.2, 0.25) is 0 Å². The van der Waals surface area contributed by atoms with Crippen LogP contribution in [0.25, 0.3) is 0 Å². The van der Waals surface area contributed by atoms with Crippen LogP contribution in [0.15, 0.2) is 0 Å². The summed E-state index contributed by atoms with van der Waals surface area (Å²) < 4.78 is 44.4. The van der Waals surface area contributed by atoms with Crippen molar-refractivity contribution in [2.24, 2.45) is 5.41 Å². The van der Waals surface area contributed by atoms with E-state index in [1.165, 1.54) is 13.8 Å². The fraction of sp³-hybridized carbons (Fsp3) is 0.929. The van der Waals surface area contributed by atoms with Gasteiger partial charge in [0.05, 0.1) is 5.41 Å². The Kier molecular flexibility index (Phi) is 5.69. The van der Waals surface area contributed by atoms with Crippen molar-refractivity contribution < 1.29 is 27.8 Å². The predicted octanol–water partition coefficient (Wildman–Crippen LogP) is 3.84. The Labute approximate surface area is 118 Å². The highest BCUT2D eigenvalue weighted by atomic mass is 19.4. The van der Waals surface area contributed by atoms with Crippen LogP contribution in [0.3, 0.4) is 0 Å². The molecule has 0 aromatic carbocycles. The van der Waals surface area contributed by atoms with Gasteiger partial charge in [0.15, 0.2) is 5.60 Å². The summed E-state index contributed by atoms with van der Waals surface area (Å²) in [4.78, 5) is 12.1. The van der Waals surface area contributed by atoms with Gasteiger partial charge in [0, 0.05) is 0 Å². The molecule has 1 atom stereocenters. The molecule has 3 nitrogen and oxygen atoms in total. The minimum Gasteiger partial charge on any atom is -0.455 e. The van der Waals surface area contributed by atoms with Gasteiger partial charge in [-0.05, 0) is 40.0 Å². The molecule has 0 aliphatic rings. The van der Waals surface area contributed by atoms with Gasteiger partial charge in [0.1, 0.15) is 5.60 Å². The molecule has 1 unspecified atom stereocenters. The Morgan fingerprint density at radius 1 is 1.00 bits per heavy atom. The summed E-state index contributed by atoms with van der Waals surface area (Å²) in [5.74, 6) is -0.728. The van der Waals surface area contributed by atoms with E-state index in [-0.39, 0.29) is 12.8 Å². The maximum absolute atomic E-state index is 13.1. The van der Waals surface area contributed by atoms with Crippen molar-refractivity contribution >= 4 is 5.97 Å². The van der Waals surface area contributed by atoms with Gasteiger partial charge in [-0.1, -0.05) is 20.8 Å². The van der Waals surface area contributed by atoms with E-state index in [0.29, 0.717) is 13.3 Å². The normalized spacial score (nSPS) is 16.7. The molecule has 0 radical (unpaired) electrons. The fourth-order valence-corrected chi connectivity index (χ4v) is 1.90. The zero-order valence-corrected chi connectivity index (χ0v) is 13.0. The average molecular weight is 298 g/mol. The molecule has 0 rings (SSSR count). The molecule has 0 aromatic rings. The van der Waals surface area contributed by atoms with Gasteiger partial charge in [-0.25, -0.2) is 0 Å². The maximum atomic E-state index is 13.1. The number of esters is 1. The second-order valence-corrected chi connectivity index (χ2v) is 5.90. The van der Waals surface area contributed by atoms with Gasteiger partial charge >= 0.3 is 12.1 Å². The van der Waals surface area contributed by atoms with Crippen molar-refractivity contribution in [3.05, 3.63) is 0 Å². The van der Waals surface area contributed by atoms with E-state index in [2.05, 4.69) is 0 Å². The molecule has 0 heterocycles. The lowest BCUT2D eigenvalue weighted by Crippen LogP contribution is -2.63. The molecule has 120 valence electrons. The van der Waals surface area contributed by atoms with Crippen molar-refractivity contribution in [2.45, 2.75) is 78.2 Å². The Morgan fingerprint density at radius 2 is 1.40 bits per heavy atom. The Morgan fingerprint density at radius 3 is 1.65 bits per heavy atom. The number of alkyl halides is 3. The van der Waals surface area contributed by atoms with Crippen LogP contribution in [0.2, 0.25) is 0 Å². The Balaban J connectivity index is 5.61. The van der Waals surface area contributed by atoms with Crippen LogP contribution in [0.1, 0.15) is 60.8 Å². The van der Waals surface area contributed by atoms with Gasteiger partial charge in [-0.15, -0.1) is 0 Å². The highest BCUT2D eigenvalue weighted by molar-refractivity contribution is 5.76. The molecule has 0 amide bonds. The molecule has 0 bridgehead atoms. The van der Waals surface area contributed by atoms with Gasteiger partial charge in [0.25, 0.3) is 0 Å². The average Bonchev–Trinajstić information content (AvgIpc) is 2.33. The molecule has 0 saturated carbocycles. The molecular formula is C14H25F3O3. The minimum atomic E-state index is -4.88. The van der Waals surface area contributed by atoms with Crippen molar-refractivity contribution in [3.8, 4) is 0 Å². The Hall–Kier alpha value is -0.780. The number of halogens is 3. The summed E-state index contributed by atoms with van der Waals surface area (Å²) in [5.41, 5.74) is -5.96. The summed E-state index contributed by atoms with van der Waals surface area (Å²) >= 11 is 0. The molecule has 0 saturated heterocycles. The number of hydrogen-bond acceptors (Lipinski definition) is 3. The van der Waals surface area contributed by atoms with E-state index >= 15 is 0 Å². The first kappa shape index (κ1) is 19.2. The monoisotopic (exact) mass is 298 g/mol. The van der Waals surface area contributed by atoms with Gasteiger partial charge in [-0.2, -0.15) is 13.2 Å². The molecular weight excluding hydrogens is 273 g/mol. The third kappa shape index (κ3) is 3.27. The molecule has 0 fully saturated rings. The highest BCUT2D eigenvalue weighted by Crippen LogP contribution is 2.45. The first-order valence-corrected chi connectivity index (χ1v) is 6.83. The predicted molar refractivity (Wildman–Crippen MR) is 70.2 cm³/mol. The van der Waals surface area contributed by atoms with Crippen LogP contribution in [0.5, 0.6) is 0 Å². The van der Waals surface area contributed by atoms with Crippen LogP contribution in [-0.4, -0.2) is 28.5 Å². The summed E-state index contributed by atoms with van der Waals surface area (Å²) in [5, 5.41) is 9.95. The van der Waals surface area contributed by atoms with Crippen molar-refractivity contribution in [1.29, 1.82) is 0 Å². The molecule has 0 aliphatic heterocycles. The van der Waals surface area contributed by atoms with Crippen LogP contribution in [0.4, 0.5) is 13.2 Å². The zero-order valence-electron chi connectivity index (χ0n) is 13.0. The van der Waals surface area contributed by atoms with Crippen molar-refractivity contribution in [3.63, 3.8) is 0 Å². The van der Waals surface area contributed by atoms with Crippen molar-refractivity contribution in [2.75, 3.05) is 0 Å². The van der Waals surface area contributed by atoms with E-state index in [1.807, 2.05) is 0 Å². The third-order valence-corrected chi connectivity index (χ3v) is 4.31. The van der Waals surface area contributed by atoms with Crippen molar-refractivity contribution in [1.82, 2.24) is 0 Å². The summed E-state index contributed by atoms with van der Waals surface area (Å²) in [6.45, 7) is 8.56. The number of rotatable bonds is 6. The zero-order chi connectivity index (χ0) is 16.4. The van der Waals surface area contributed by atoms with E-state index < -0.39 is 28.8 Å². The second kappa shape index (κ2) is 5.92. The number of aliphatic hydroxyl groups is 1. The number of hydrogen-bond donors (Lipinski definition) is 1. The van der Waals surface area contributed by atoms with Crippen LogP contribution < -0.4 is 0 Å². The number of carbonyl (C=O) groups is 1. The molecule has 20 heavy (non-hydrogen) atoms. The third-order valence-electron chi connectivity index (χ3n) is 4.31. The molecule has 0 spiro atoms. The first-order valence-electron chi connectivity index (χ1n) is 6.83. The van der Waals surface area contributed by atoms with E-state index in [1.54, 1.807) is 20.8 Å². The standard InChI is InChI=1S/C14H25F3O3/c1-7-11(4,5)10(18)20-13(8-2,9-3)12(6,19)14(15,16)17/h19H,7-9H2,1-6H3. The van der Waals surface area contributed by atoms with E-state index in [4.69, 9.17) is 4.74 Å².